The monoisotopic (exact) mass is 359 g/mol. The van der Waals surface area contributed by atoms with E-state index in [-0.39, 0.29) is 5.75 Å². The van der Waals surface area contributed by atoms with Crippen molar-refractivity contribution in [3.8, 4) is 11.5 Å². The average molecular weight is 359 g/mol. The van der Waals surface area contributed by atoms with Crippen molar-refractivity contribution in [2.45, 2.75) is 24.9 Å². The molecule has 0 heterocycles. The molecule has 0 aliphatic rings. The van der Waals surface area contributed by atoms with Gasteiger partial charge in [-0.15, -0.1) is 11.8 Å². The molecule has 3 N–H and O–H groups in total. The maximum atomic E-state index is 9.96. The molecule has 0 amide bonds. The summed E-state index contributed by atoms with van der Waals surface area (Å²) < 4.78 is 5.20. The number of hydrogen-bond acceptors (Lipinski definition) is 4. The van der Waals surface area contributed by atoms with Crippen LogP contribution < -0.4 is 15.4 Å². The highest BCUT2D eigenvalue weighted by Crippen LogP contribution is 2.23. The zero-order valence-electron chi connectivity index (χ0n) is 15.1. The lowest BCUT2D eigenvalue weighted by molar-refractivity contribution is 0.410. The number of nitrogens with zero attached hydrogens (tertiary/aromatic N) is 1. The number of nitrogens with one attached hydrogen (secondary N) is 2. The number of guanidine groups is 1. The van der Waals surface area contributed by atoms with Crippen LogP contribution >= 0.6 is 11.8 Å². The molecule has 0 aromatic heterocycles. The van der Waals surface area contributed by atoms with Crippen LogP contribution in [-0.2, 0) is 13.1 Å². The van der Waals surface area contributed by atoms with Gasteiger partial charge in [-0.2, -0.15) is 0 Å². The quantitative estimate of drug-likeness (QED) is 0.420. The summed E-state index contributed by atoms with van der Waals surface area (Å²) in [4.78, 5) is 5.50. The van der Waals surface area contributed by atoms with Gasteiger partial charge in [0.25, 0.3) is 0 Å². The van der Waals surface area contributed by atoms with Crippen LogP contribution in [0.1, 0.15) is 16.7 Å². The van der Waals surface area contributed by atoms with Crippen molar-refractivity contribution in [2.75, 3.05) is 20.4 Å². The number of phenols is 1. The summed E-state index contributed by atoms with van der Waals surface area (Å²) in [6.45, 7) is 3.23. The summed E-state index contributed by atoms with van der Waals surface area (Å²) in [6, 6.07) is 11.6. The van der Waals surface area contributed by atoms with Crippen LogP contribution in [0.3, 0.4) is 0 Å². The second-order valence-corrected chi connectivity index (χ2v) is 6.44. The summed E-state index contributed by atoms with van der Waals surface area (Å²) in [7, 11) is 3.33. The Hall–Kier alpha value is -2.34. The molecule has 2 rings (SSSR count). The van der Waals surface area contributed by atoms with Gasteiger partial charge in [0.1, 0.15) is 11.5 Å². The van der Waals surface area contributed by atoms with Crippen LogP contribution in [0.5, 0.6) is 11.5 Å². The fraction of sp³-hybridized carbons (Fsp3) is 0.316. The fourth-order valence-electron chi connectivity index (χ4n) is 2.41. The van der Waals surface area contributed by atoms with E-state index in [0.717, 1.165) is 5.56 Å². The minimum Gasteiger partial charge on any atom is -0.508 e. The van der Waals surface area contributed by atoms with Crippen LogP contribution in [0.4, 0.5) is 0 Å². The summed E-state index contributed by atoms with van der Waals surface area (Å²) in [5, 5.41) is 16.5. The van der Waals surface area contributed by atoms with Gasteiger partial charge in [-0.1, -0.05) is 12.1 Å². The Kier molecular flexibility index (Phi) is 7.01. The van der Waals surface area contributed by atoms with Crippen molar-refractivity contribution in [2.24, 2.45) is 4.99 Å². The van der Waals surface area contributed by atoms with Gasteiger partial charge in [0.2, 0.25) is 0 Å². The molecule has 5 nitrogen and oxygen atoms in total. The van der Waals surface area contributed by atoms with E-state index in [0.29, 0.717) is 24.8 Å². The number of benzene rings is 2. The van der Waals surface area contributed by atoms with Gasteiger partial charge in [0.15, 0.2) is 5.96 Å². The molecule has 25 heavy (non-hydrogen) atoms. The maximum Gasteiger partial charge on any atom is 0.191 e. The molecule has 0 radical (unpaired) electrons. The lowest BCUT2D eigenvalue weighted by atomic mass is 10.1. The highest BCUT2D eigenvalue weighted by Gasteiger charge is 2.06. The molecule has 134 valence electrons. The predicted molar refractivity (Wildman–Crippen MR) is 105 cm³/mol. The van der Waals surface area contributed by atoms with Crippen LogP contribution in [0.25, 0.3) is 0 Å². The Morgan fingerprint density at radius 2 is 1.84 bits per heavy atom. The van der Waals surface area contributed by atoms with Gasteiger partial charge in [-0.05, 0) is 48.6 Å². The number of methoxy groups -OCH3 is 1. The van der Waals surface area contributed by atoms with Crippen LogP contribution in [-0.4, -0.2) is 31.5 Å². The van der Waals surface area contributed by atoms with E-state index in [4.69, 9.17) is 4.74 Å². The van der Waals surface area contributed by atoms with Crippen molar-refractivity contribution >= 4 is 17.7 Å². The number of aliphatic imine (C=N–C) groups is 1. The fourth-order valence-corrected chi connectivity index (χ4v) is 3.11. The van der Waals surface area contributed by atoms with E-state index in [9.17, 15) is 5.11 Å². The molecule has 0 atom stereocenters. The van der Waals surface area contributed by atoms with Gasteiger partial charge in [0.05, 0.1) is 7.11 Å². The largest absolute Gasteiger partial charge is 0.508 e. The van der Waals surface area contributed by atoms with Crippen LogP contribution in [0, 0.1) is 6.92 Å². The Morgan fingerprint density at radius 3 is 2.48 bits per heavy atom. The zero-order valence-corrected chi connectivity index (χ0v) is 15.9. The molecule has 2 aromatic carbocycles. The average Bonchev–Trinajstić information content (AvgIpc) is 2.63. The molecule has 0 fully saturated rings. The van der Waals surface area contributed by atoms with Crippen molar-refractivity contribution in [3.05, 3.63) is 53.1 Å². The lowest BCUT2D eigenvalue weighted by Crippen LogP contribution is -2.36. The Morgan fingerprint density at radius 1 is 1.12 bits per heavy atom. The third-order valence-electron chi connectivity index (χ3n) is 3.85. The third-order valence-corrected chi connectivity index (χ3v) is 4.67. The molecule has 0 bridgehead atoms. The molecular formula is C19H25N3O2S. The van der Waals surface area contributed by atoms with Gasteiger partial charge < -0.3 is 20.5 Å². The highest BCUT2D eigenvalue weighted by atomic mass is 32.2. The van der Waals surface area contributed by atoms with Crippen molar-refractivity contribution < 1.29 is 9.84 Å². The summed E-state index contributed by atoms with van der Waals surface area (Å²) in [5.74, 6) is 1.61. The number of hydrogen-bond donors (Lipinski definition) is 3. The van der Waals surface area contributed by atoms with E-state index in [1.807, 2.05) is 0 Å². The van der Waals surface area contributed by atoms with Gasteiger partial charge in [0, 0.05) is 30.6 Å². The van der Waals surface area contributed by atoms with E-state index in [1.54, 1.807) is 44.1 Å². The number of ether oxygens (including phenoxy) is 1. The second-order valence-electron chi connectivity index (χ2n) is 5.59. The lowest BCUT2D eigenvalue weighted by Gasteiger charge is -2.15. The highest BCUT2D eigenvalue weighted by molar-refractivity contribution is 7.98. The molecule has 6 heteroatoms. The van der Waals surface area contributed by atoms with Crippen molar-refractivity contribution in [1.82, 2.24) is 10.6 Å². The molecular weight excluding hydrogens is 334 g/mol. The summed E-state index contributed by atoms with van der Waals surface area (Å²) in [5.41, 5.74) is 3.23. The van der Waals surface area contributed by atoms with Crippen LogP contribution in [0.2, 0.25) is 0 Å². The molecule has 0 spiro atoms. The number of phenolic OH excluding ortho intramolecular Hbond substituents is 1. The topological polar surface area (TPSA) is 65.9 Å². The SMILES string of the molecule is CN=C(NCc1cc(OC)ccc1O)NCc1ccc(C)cc1SC. The maximum absolute atomic E-state index is 9.96. The number of rotatable bonds is 6. The van der Waals surface area contributed by atoms with Crippen molar-refractivity contribution in [3.63, 3.8) is 0 Å². The van der Waals surface area contributed by atoms with E-state index in [2.05, 4.69) is 47.0 Å². The van der Waals surface area contributed by atoms with E-state index >= 15 is 0 Å². The van der Waals surface area contributed by atoms with E-state index in [1.165, 1.54) is 16.0 Å². The molecule has 0 aliphatic heterocycles. The van der Waals surface area contributed by atoms with Crippen molar-refractivity contribution in [1.29, 1.82) is 0 Å². The number of aromatic hydroxyl groups is 1. The Bertz CT molecular complexity index is 747. The number of thioether (sulfide) groups is 1. The first-order valence-corrected chi connectivity index (χ1v) is 9.23. The van der Waals surface area contributed by atoms with Gasteiger partial charge >= 0.3 is 0 Å². The minimum atomic E-state index is 0.229. The molecule has 0 saturated heterocycles. The summed E-state index contributed by atoms with van der Waals surface area (Å²) >= 11 is 1.74. The summed E-state index contributed by atoms with van der Waals surface area (Å²) in [6.07, 6.45) is 2.08. The first-order valence-electron chi connectivity index (χ1n) is 8.01. The zero-order chi connectivity index (χ0) is 18.2. The Labute approximate surface area is 153 Å². The van der Waals surface area contributed by atoms with E-state index < -0.39 is 0 Å². The molecule has 0 aliphatic carbocycles. The first-order chi connectivity index (χ1) is 12.1. The minimum absolute atomic E-state index is 0.229. The molecule has 0 saturated carbocycles. The Balaban J connectivity index is 1.98. The first kappa shape index (κ1) is 19.0. The smallest absolute Gasteiger partial charge is 0.191 e. The van der Waals surface area contributed by atoms with Gasteiger partial charge in [-0.25, -0.2) is 0 Å². The standard InChI is InChI=1S/C19H25N3O2S/c1-13-5-6-14(18(9-13)25-4)11-21-19(20-2)22-12-15-10-16(24-3)7-8-17(15)23/h5-10,23H,11-12H2,1-4H3,(H2,20,21,22). The normalized spacial score (nSPS) is 11.3. The van der Waals surface area contributed by atoms with Crippen LogP contribution in [0.15, 0.2) is 46.3 Å². The third kappa shape index (κ3) is 5.32. The van der Waals surface area contributed by atoms with Gasteiger partial charge in [-0.3, -0.25) is 4.99 Å². The molecule has 0 unspecified atom stereocenters. The number of aryl methyl sites for hydroxylation is 1. The predicted octanol–water partition coefficient (Wildman–Crippen LogP) is 3.30. The second kappa shape index (κ2) is 9.22. The molecule has 2 aromatic rings.